The van der Waals surface area contributed by atoms with Crippen LogP contribution in [0.25, 0.3) is 33.2 Å². The summed E-state index contributed by atoms with van der Waals surface area (Å²) in [5, 5.41) is 17.0. The van der Waals surface area contributed by atoms with E-state index in [1.165, 1.54) is 13.4 Å². The molecule has 0 saturated carbocycles. The zero-order valence-electron chi connectivity index (χ0n) is 17.5. The number of para-hydroxylation sites is 1. The Morgan fingerprint density at radius 1 is 0.969 bits per heavy atom. The lowest BCUT2D eigenvalue weighted by Gasteiger charge is -2.09. The minimum Gasteiger partial charge on any atom is -0.504 e. The lowest BCUT2D eigenvalue weighted by Crippen LogP contribution is -2.08. The smallest absolute Gasteiger partial charge is 0.161 e. The number of aromatic nitrogens is 2. The van der Waals surface area contributed by atoms with E-state index in [0.29, 0.717) is 28.3 Å². The number of fused-ring (bicyclic) bond motifs is 2. The maximum absolute atomic E-state index is 9.94. The number of benzene rings is 3. The fraction of sp³-hybridized carbons (Fsp3) is 0.0800. The highest BCUT2D eigenvalue weighted by molar-refractivity contribution is 5.88. The standard InChI is InChI=1S/C25H20N4O3/c1-15-7-10-22-18(11-15)20(13-23(32-22)16-8-9-21(30)24(12-16)31-2)28-29-25-17-5-3-4-6-19(17)26-14-27-25/h3-14,30H,1-2H3,(H,26,27,29)/b28-20+. The van der Waals surface area contributed by atoms with Crippen LogP contribution in [0.2, 0.25) is 0 Å². The average Bonchev–Trinajstić information content (AvgIpc) is 2.82. The number of methoxy groups -OCH3 is 1. The fourth-order valence-corrected chi connectivity index (χ4v) is 3.56. The van der Waals surface area contributed by atoms with Crippen LogP contribution in [0.1, 0.15) is 5.56 Å². The molecule has 5 aromatic rings. The van der Waals surface area contributed by atoms with Crippen molar-refractivity contribution in [3.8, 4) is 22.8 Å². The van der Waals surface area contributed by atoms with Gasteiger partial charge in [-0.05, 0) is 49.4 Å². The topological polar surface area (TPSA) is 92.8 Å². The predicted octanol–water partition coefficient (Wildman–Crippen LogP) is 4.99. The van der Waals surface area contributed by atoms with E-state index >= 15 is 0 Å². The summed E-state index contributed by atoms with van der Waals surface area (Å²) >= 11 is 0. The van der Waals surface area contributed by atoms with Crippen LogP contribution in [-0.2, 0) is 0 Å². The van der Waals surface area contributed by atoms with E-state index in [-0.39, 0.29) is 5.75 Å². The first-order valence-corrected chi connectivity index (χ1v) is 10.0. The number of nitrogens with zero attached hydrogens (tertiary/aromatic N) is 3. The molecule has 0 amide bonds. The molecule has 0 saturated heterocycles. The number of rotatable bonds is 4. The van der Waals surface area contributed by atoms with Crippen molar-refractivity contribution >= 4 is 27.7 Å². The Morgan fingerprint density at radius 3 is 2.72 bits per heavy atom. The first kappa shape index (κ1) is 19.6. The minimum absolute atomic E-state index is 0.0647. The molecular formula is C25H20N4O3. The van der Waals surface area contributed by atoms with Crippen molar-refractivity contribution in [2.75, 3.05) is 12.5 Å². The molecule has 0 radical (unpaired) electrons. The number of ether oxygens (including phenoxy) is 1. The number of aryl methyl sites for hydroxylation is 1. The van der Waals surface area contributed by atoms with Gasteiger partial charge in [0.15, 0.2) is 17.3 Å². The van der Waals surface area contributed by atoms with Gasteiger partial charge in [0.1, 0.15) is 17.7 Å². The molecule has 0 aliphatic rings. The van der Waals surface area contributed by atoms with Crippen LogP contribution in [-0.4, -0.2) is 22.2 Å². The van der Waals surface area contributed by atoms with Gasteiger partial charge in [0, 0.05) is 22.4 Å². The Hall–Kier alpha value is -4.39. The molecule has 0 spiro atoms. The second-order valence-electron chi connectivity index (χ2n) is 7.35. The zero-order valence-corrected chi connectivity index (χ0v) is 17.5. The van der Waals surface area contributed by atoms with E-state index in [9.17, 15) is 5.11 Å². The summed E-state index contributed by atoms with van der Waals surface area (Å²) in [6, 6.07) is 20.6. The summed E-state index contributed by atoms with van der Waals surface area (Å²) < 4.78 is 11.4. The Balaban J connectivity index is 1.68. The first-order valence-electron chi connectivity index (χ1n) is 10.0. The molecule has 0 atom stereocenters. The summed E-state index contributed by atoms with van der Waals surface area (Å²) in [6.45, 7) is 2.02. The first-order chi connectivity index (χ1) is 15.6. The van der Waals surface area contributed by atoms with Crippen molar-refractivity contribution in [1.29, 1.82) is 0 Å². The van der Waals surface area contributed by atoms with Crippen LogP contribution in [0.5, 0.6) is 11.5 Å². The number of nitrogens with one attached hydrogen (secondary N) is 1. The maximum atomic E-state index is 9.94. The summed E-state index contributed by atoms with van der Waals surface area (Å²) in [5.74, 6) is 1.64. The number of anilines is 1. The van der Waals surface area contributed by atoms with Gasteiger partial charge in [-0.2, -0.15) is 5.10 Å². The molecule has 7 heteroatoms. The van der Waals surface area contributed by atoms with Crippen LogP contribution < -0.4 is 15.5 Å². The molecule has 2 N–H and O–H groups in total. The van der Waals surface area contributed by atoms with Gasteiger partial charge in [0.05, 0.1) is 18.0 Å². The summed E-state index contributed by atoms with van der Waals surface area (Å²) in [6.07, 6.45) is 1.51. The van der Waals surface area contributed by atoms with Gasteiger partial charge < -0.3 is 14.3 Å². The van der Waals surface area contributed by atoms with Crippen LogP contribution in [0.3, 0.4) is 0 Å². The molecular weight excluding hydrogens is 404 g/mol. The molecule has 0 bridgehead atoms. The number of hydrogen-bond acceptors (Lipinski definition) is 7. The quantitative estimate of drug-likeness (QED) is 0.395. The van der Waals surface area contributed by atoms with Gasteiger partial charge in [-0.1, -0.05) is 23.8 Å². The Labute approximate surface area is 183 Å². The van der Waals surface area contributed by atoms with Gasteiger partial charge in [-0.25, -0.2) is 9.97 Å². The average molecular weight is 424 g/mol. The van der Waals surface area contributed by atoms with E-state index in [1.54, 1.807) is 18.2 Å². The lowest BCUT2D eigenvalue weighted by molar-refractivity contribution is 0.373. The van der Waals surface area contributed by atoms with E-state index < -0.39 is 0 Å². The van der Waals surface area contributed by atoms with E-state index in [2.05, 4.69) is 20.5 Å². The van der Waals surface area contributed by atoms with Gasteiger partial charge >= 0.3 is 0 Å². The lowest BCUT2D eigenvalue weighted by atomic mass is 10.1. The fourth-order valence-electron chi connectivity index (χ4n) is 3.56. The number of hydrogen-bond donors (Lipinski definition) is 2. The highest BCUT2D eigenvalue weighted by Crippen LogP contribution is 2.32. The van der Waals surface area contributed by atoms with Crippen LogP contribution in [0.15, 0.2) is 82.6 Å². The van der Waals surface area contributed by atoms with Gasteiger partial charge in [-0.15, -0.1) is 0 Å². The second kappa shape index (κ2) is 8.03. The summed E-state index contributed by atoms with van der Waals surface area (Å²) in [7, 11) is 1.51. The molecule has 7 nitrogen and oxygen atoms in total. The van der Waals surface area contributed by atoms with E-state index in [4.69, 9.17) is 9.15 Å². The number of phenols is 1. The molecule has 2 heterocycles. The van der Waals surface area contributed by atoms with Crippen molar-refractivity contribution in [1.82, 2.24) is 9.97 Å². The molecule has 0 aliphatic heterocycles. The molecule has 0 fully saturated rings. The molecule has 32 heavy (non-hydrogen) atoms. The predicted molar refractivity (Wildman–Crippen MR) is 123 cm³/mol. The van der Waals surface area contributed by atoms with Gasteiger partial charge in [-0.3, -0.25) is 5.43 Å². The van der Waals surface area contributed by atoms with Crippen molar-refractivity contribution in [2.45, 2.75) is 6.92 Å². The molecule has 2 aromatic heterocycles. The third kappa shape index (κ3) is 3.60. The largest absolute Gasteiger partial charge is 0.504 e. The SMILES string of the molecule is COc1cc(-c2c/c(=N\Nc3ncnc4ccccc34)c3cc(C)ccc3o2)ccc1O. The summed E-state index contributed by atoms with van der Waals surface area (Å²) in [5.41, 5.74) is 6.46. The number of phenolic OH excluding ortho intramolecular Hbond substituents is 1. The Bertz CT molecular complexity index is 1520. The van der Waals surface area contributed by atoms with E-state index in [0.717, 1.165) is 27.4 Å². The monoisotopic (exact) mass is 424 g/mol. The third-order valence-corrected chi connectivity index (χ3v) is 5.19. The Morgan fingerprint density at radius 2 is 1.84 bits per heavy atom. The van der Waals surface area contributed by atoms with Crippen LogP contribution in [0, 0.1) is 6.92 Å². The molecule has 158 valence electrons. The van der Waals surface area contributed by atoms with Crippen molar-refractivity contribution in [2.24, 2.45) is 5.10 Å². The van der Waals surface area contributed by atoms with Gasteiger partial charge in [0.25, 0.3) is 0 Å². The van der Waals surface area contributed by atoms with Crippen molar-refractivity contribution in [3.63, 3.8) is 0 Å². The maximum Gasteiger partial charge on any atom is 0.161 e. The molecule has 5 rings (SSSR count). The van der Waals surface area contributed by atoms with Crippen molar-refractivity contribution in [3.05, 3.63) is 84.0 Å². The zero-order chi connectivity index (χ0) is 22.1. The van der Waals surface area contributed by atoms with E-state index in [1.807, 2.05) is 55.5 Å². The number of aromatic hydroxyl groups is 1. The van der Waals surface area contributed by atoms with Crippen LogP contribution in [0.4, 0.5) is 5.82 Å². The highest BCUT2D eigenvalue weighted by Gasteiger charge is 2.10. The molecule has 0 aliphatic carbocycles. The van der Waals surface area contributed by atoms with Crippen LogP contribution >= 0.6 is 0 Å². The molecule has 3 aromatic carbocycles. The summed E-state index contributed by atoms with van der Waals surface area (Å²) in [4.78, 5) is 8.64. The highest BCUT2D eigenvalue weighted by atomic mass is 16.5. The Kier molecular flexibility index (Phi) is 4.91. The van der Waals surface area contributed by atoms with Gasteiger partial charge in [0.2, 0.25) is 0 Å². The normalized spacial score (nSPS) is 11.8. The van der Waals surface area contributed by atoms with Crippen molar-refractivity contribution < 1.29 is 14.3 Å². The minimum atomic E-state index is 0.0647. The third-order valence-electron chi connectivity index (χ3n) is 5.19. The molecule has 0 unspecified atom stereocenters. The second-order valence-corrected chi connectivity index (χ2v) is 7.35.